The van der Waals surface area contributed by atoms with Gasteiger partial charge in [0.2, 0.25) is 0 Å². The molecular weight excluding hydrogens is 316 g/mol. The predicted octanol–water partition coefficient (Wildman–Crippen LogP) is -0.124. The van der Waals surface area contributed by atoms with Gasteiger partial charge in [0.05, 0.1) is 5.75 Å². The first-order valence-electron chi connectivity index (χ1n) is 6.65. The number of hydrogen-bond acceptors (Lipinski definition) is 5. The predicted molar refractivity (Wildman–Crippen MR) is 80.3 cm³/mol. The van der Waals surface area contributed by atoms with Crippen LogP contribution in [-0.4, -0.2) is 78.6 Å². The SMILES string of the molecule is Cn1nc(C(=O)N2CCN(CCS(C)(=O)=O)CC2)cc1Cl. The molecule has 2 rings (SSSR count). The first kappa shape index (κ1) is 16.3. The van der Waals surface area contributed by atoms with Gasteiger partial charge in [-0.05, 0) is 0 Å². The summed E-state index contributed by atoms with van der Waals surface area (Å²) in [6.07, 6.45) is 1.23. The first-order valence-corrected chi connectivity index (χ1v) is 9.09. The van der Waals surface area contributed by atoms with Gasteiger partial charge < -0.3 is 4.90 Å². The zero-order valence-corrected chi connectivity index (χ0v) is 13.7. The number of aromatic nitrogens is 2. The van der Waals surface area contributed by atoms with E-state index in [0.29, 0.717) is 43.6 Å². The van der Waals surface area contributed by atoms with E-state index in [0.717, 1.165) is 0 Å². The minimum Gasteiger partial charge on any atom is -0.335 e. The third-order valence-electron chi connectivity index (χ3n) is 3.48. The number of aryl methyl sites for hydroxylation is 1. The van der Waals surface area contributed by atoms with Gasteiger partial charge >= 0.3 is 0 Å². The molecule has 7 nitrogen and oxygen atoms in total. The second kappa shape index (κ2) is 6.33. The fourth-order valence-electron chi connectivity index (χ4n) is 2.18. The molecule has 118 valence electrons. The van der Waals surface area contributed by atoms with E-state index in [1.54, 1.807) is 18.0 Å². The van der Waals surface area contributed by atoms with E-state index >= 15 is 0 Å². The Bertz CT molecular complexity index is 601. The molecule has 0 unspecified atom stereocenters. The molecule has 1 aliphatic rings. The summed E-state index contributed by atoms with van der Waals surface area (Å²) in [5.41, 5.74) is 0.340. The molecule has 1 aliphatic heterocycles. The van der Waals surface area contributed by atoms with E-state index in [9.17, 15) is 13.2 Å². The van der Waals surface area contributed by atoms with Crippen LogP contribution < -0.4 is 0 Å². The summed E-state index contributed by atoms with van der Waals surface area (Å²) in [7, 11) is -1.27. The second-order valence-corrected chi connectivity index (χ2v) is 7.89. The number of carbonyl (C=O) groups is 1. The molecule has 0 atom stereocenters. The number of sulfone groups is 1. The Morgan fingerprint density at radius 3 is 2.43 bits per heavy atom. The largest absolute Gasteiger partial charge is 0.335 e. The zero-order valence-electron chi connectivity index (χ0n) is 12.1. The average Bonchev–Trinajstić information content (AvgIpc) is 2.75. The molecule has 9 heteroatoms. The van der Waals surface area contributed by atoms with Gasteiger partial charge in [0.1, 0.15) is 15.0 Å². The maximum atomic E-state index is 12.3. The van der Waals surface area contributed by atoms with E-state index in [4.69, 9.17) is 11.6 Å². The summed E-state index contributed by atoms with van der Waals surface area (Å²) in [6, 6.07) is 1.56. The van der Waals surface area contributed by atoms with Crippen molar-refractivity contribution in [2.45, 2.75) is 0 Å². The highest BCUT2D eigenvalue weighted by Gasteiger charge is 2.24. The van der Waals surface area contributed by atoms with Crippen molar-refractivity contribution in [1.82, 2.24) is 19.6 Å². The van der Waals surface area contributed by atoms with Crippen molar-refractivity contribution < 1.29 is 13.2 Å². The van der Waals surface area contributed by atoms with Crippen LogP contribution in [0.1, 0.15) is 10.5 Å². The highest BCUT2D eigenvalue weighted by atomic mass is 35.5. The topological polar surface area (TPSA) is 75.5 Å². The average molecular weight is 335 g/mol. The van der Waals surface area contributed by atoms with Crippen LogP contribution in [0.3, 0.4) is 0 Å². The lowest BCUT2D eigenvalue weighted by Gasteiger charge is -2.34. The summed E-state index contributed by atoms with van der Waals surface area (Å²) in [5, 5.41) is 4.50. The van der Waals surface area contributed by atoms with E-state index in [1.165, 1.54) is 10.9 Å². The van der Waals surface area contributed by atoms with Crippen molar-refractivity contribution in [3.63, 3.8) is 0 Å². The smallest absolute Gasteiger partial charge is 0.274 e. The molecule has 21 heavy (non-hydrogen) atoms. The molecule has 1 aromatic heterocycles. The maximum absolute atomic E-state index is 12.3. The third kappa shape index (κ3) is 4.42. The monoisotopic (exact) mass is 334 g/mol. The number of rotatable bonds is 4. The van der Waals surface area contributed by atoms with Crippen LogP contribution in [0.2, 0.25) is 5.15 Å². The van der Waals surface area contributed by atoms with Crippen molar-refractivity contribution in [1.29, 1.82) is 0 Å². The number of amides is 1. The van der Waals surface area contributed by atoms with Crippen LogP contribution in [0.25, 0.3) is 0 Å². The minimum absolute atomic E-state index is 0.139. The van der Waals surface area contributed by atoms with Crippen LogP contribution in [0.4, 0.5) is 0 Å². The molecule has 1 amide bonds. The number of nitrogens with zero attached hydrogens (tertiary/aromatic N) is 4. The van der Waals surface area contributed by atoms with Crippen LogP contribution in [0.5, 0.6) is 0 Å². The van der Waals surface area contributed by atoms with Crippen molar-refractivity contribution in [2.24, 2.45) is 7.05 Å². The molecule has 1 saturated heterocycles. The highest BCUT2D eigenvalue weighted by molar-refractivity contribution is 7.90. The molecule has 0 N–H and O–H groups in total. The van der Waals surface area contributed by atoms with E-state index in [1.807, 2.05) is 0 Å². The van der Waals surface area contributed by atoms with Gasteiger partial charge in [-0.15, -0.1) is 0 Å². The van der Waals surface area contributed by atoms with Crippen LogP contribution in [0.15, 0.2) is 6.07 Å². The Labute approximate surface area is 129 Å². The molecule has 2 heterocycles. The Hall–Kier alpha value is -1.12. The van der Waals surface area contributed by atoms with Crippen LogP contribution >= 0.6 is 11.6 Å². The molecule has 0 radical (unpaired) electrons. The summed E-state index contributed by atoms with van der Waals surface area (Å²) >= 11 is 5.88. The van der Waals surface area contributed by atoms with Gasteiger partial charge in [-0.2, -0.15) is 5.10 Å². The van der Waals surface area contributed by atoms with Gasteiger partial charge in [0, 0.05) is 52.1 Å². The lowest BCUT2D eigenvalue weighted by molar-refractivity contribution is 0.0637. The summed E-state index contributed by atoms with van der Waals surface area (Å²) in [6.45, 7) is 2.98. The molecule has 0 spiro atoms. The third-order valence-corrected chi connectivity index (χ3v) is 4.76. The van der Waals surface area contributed by atoms with Crippen molar-refractivity contribution in [3.05, 3.63) is 16.9 Å². The Morgan fingerprint density at radius 1 is 1.33 bits per heavy atom. The molecule has 0 aliphatic carbocycles. The van der Waals surface area contributed by atoms with Crippen molar-refractivity contribution >= 4 is 27.3 Å². The lowest BCUT2D eigenvalue weighted by Crippen LogP contribution is -2.49. The van der Waals surface area contributed by atoms with E-state index in [2.05, 4.69) is 10.00 Å². The summed E-state index contributed by atoms with van der Waals surface area (Å²) < 4.78 is 23.8. The summed E-state index contributed by atoms with van der Waals surface area (Å²) in [5.74, 6) is 0.0110. The number of halogens is 1. The normalized spacial score (nSPS) is 17.2. The van der Waals surface area contributed by atoms with Gasteiger partial charge in [-0.3, -0.25) is 14.4 Å². The first-order chi connectivity index (χ1) is 9.76. The highest BCUT2D eigenvalue weighted by Crippen LogP contribution is 2.12. The maximum Gasteiger partial charge on any atom is 0.274 e. The van der Waals surface area contributed by atoms with Crippen molar-refractivity contribution in [2.75, 3.05) is 44.7 Å². The van der Waals surface area contributed by atoms with E-state index in [-0.39, 0.29) is 11.7 Å². The molecule has 0 aromatic carbocycles. The van der Waals surface area contributed by atoms with Gasteiger partial charge in [0.25, 0.3) is 5.91 Å². The standard InChI is InChI=1S/C12H19ClN4O3S/c1-15-11(13)9-10(14-15)12(18)17-5-3-16(4-6-17)7-8-21(2,19)20/h9H,3-8H2,1-2H3. The quantitative estimate of drug-likeness (QED) is 0.767. The van der Waals surface area contributed by atoms with Gasteiger partial charge in [-0.1, -0.05) is 11.6 Å². The summed E-state index contributed by atoms with van der Waals surface area (Å²) in [4.78, 5) is 16.0. The molecule has 1 fully saturated rings. The second-order valence-electron chi connectivity index (χ2n) is 5.24. The van der Waals surface area contributed by atoms with Crippen molar-refractivity contribution in [3.8, 4) is 0 Å². The molecule has 0 saturated carbocycles. The van der Waals surface area contributed by atoms with Gasteiger partial charge in [0.15, 0.2) is 5.69 Å². The fourth-order valence-corrected chi connectivity index (χ4v) is 2.91. The number of carbonyl (C=O) groups excluding carboxylic acids is 1. The fraction of sp³-hybridized carbons (Fsp3) is 0.667. The number of hydrogen-bond donors (Lipinski definition) is 0. The molecule has 1 aromatic rings. The Balaban J connectivity index is 1.87. The van der Waals surface area contributed by atoms with Crippen LogP contribution in [0, 0.1) is 0 Å². The lowest BCUT2D eigenvalue weighted by atomic mass is 10.3. The molecule has 0 bridgehead atoms. The minimum atomic E-state index is -2.95. The van der Waals surface area contributed by atoms with Gasteiger partial charge in [-0.25, -0.2) is 8.42 Å². The van der Waals surface area contributed by atoms with E-state index < -0.39 is 9.84 Å². The molecular formula is C12H19ClN4O3S. The number of piperazine rings is 1. The zero-order chi connectivity index (χ0) is 15.6. The van der Waals surface area contributed by atoms with Crippen LogP contribution in [-0.2, 0) is 16.9 Å². The Kier molecular flexibility index (Phi) is 4.90. The Morgan fingerprint density at radius 2 is 1.95 bits per heavy atom.